The molecule has 0 fully saturated rings. The summed E-state index contributed by atoms with van der Waals surface area (Å²) in [6, 6.07) is 16.0. The quantitative estimate of drug-likeness (QED) is 0.906. The molecule has 0 bridgehead atoms. The fourth-order valence-electron chi connectivity index (χ4n) is 3.90. The van der Waals surface area contributed by atoms with Crippen molar-refractivity contribution in [1.82, 2.24) is 5.32 Å². The van der Waals surface area contributed by atoms with Gasteiger partial charge in [-0.15, -0.1) is 0 Å². The summed E-state index contributed by atoms with van der Waals surface area (Å²) in [5, 5.41) is 2.91. The topological polar surface area (TPSA) is 46.2 Å². The molecular formula is C21H18FNO2. The van der Waals surface area contributed by atoms with Gasteiger partial charge in [0.2, 0.25) is 5.91 Å². The van der Waals surface area contributed by atoms with Crippen molar-refractivity contribution in [1.29, 1.82) is 0 Å². The Morgan fingerprint density at radius 1 is 0.840 bits per heavy atom. The Hall–Kier alpha value is -2.75. The first kappa shape index (κ1) is 15.8. The molecular weight excluding hydrogens is 317 g/mol. The molecule has 1 heterocycles. The maximum atomic E-state index is 13.2. The molecule has 1 aliphatic heterocycles. The molecule has 4 heteroatoms. The van der Waals surface area contributed by atoms with Crippen molar-refractivity contribution in [3.05, 3.63) is 82.8 Å². The van der Waals surface area contributed by atoms with Crippen molar-refractivity contribution in [2.45, 2.75) is 31.1 Å². The largest absolute Gasteiger partial charge is 0.329 e. The van der Waals surface area contributed by atoms with Crippen molar-refractivity contribution in [3.63, 3.8) is 0 Å². The van der Waals surface area contributed by atoms with E-state index in [0.717, 1.165) is 22.4 Å². The molecule has 2 aliphatic rings. The number of allylic oxidation sites excluding steroid dienone is 2. The normalized spacial score (nSPS) is 23.2. The molecule has 0 spiro atoms. The average Bonchev–Trinajstić information content (AvgIpc) is 2.62. The molecule has 0 saturated heterocycles. The second-order valence-electron chi connectivity index (χ2n) is 6.69. The number of carbonyl (C=O) groups excluding carboxylic acids is 2. The van der Waals surface area contributed by atoms with Gasteiger partial charge in [-0.1, -0.05) is 42.5 Å². The minimum absolute atomic E-state index is 0.0262. The van der Waals surface area contributed by atoms with E-state index in [9.17, 15) is 14.0 Å². The number of nitrogens with one attached hydrogen (secondary N) is 1. The summed E-state index contributed by atoms with van der Waals surface area (Å²) in [4.78, 5) is 25.1. The van der Waals surface area contributed by atoms with Crippen LogP contribution in [0.25, 0.3) is 0 Å². The molecule has 25 heavy (non-hydrogen) atoms. The highest BCUT2D eigenvalue weighted by Crippen LogP contribution is 2.42. The lowest BCUT2D eigenvalue weighted by Gasteiger charge is -2.34. The first-order valence-electron chi connectivity index (χ1n) is 8.48. The molecule has 3 nitrogen and oxygen atoms in total. The first-order valence-corrected chi connectivity index (χ1v) is 8.48. The van der Waals surface area contributed by atoms with Gasteiger partial charge in [-0.05, 0) is 35.6 Å². The smallest absolute Gasteiger partial charge is 0.225 e. The van der Waals surface area contributed by atoms with Crippen LogP contribution in [0.15, 0.2) is 65.9 Å². The van der Waals surface area contributed by atoms with Crippen LogP contribution in [0.5, 0.6) is 0 Å². The number of carbonyl (C=O) groups is 2. The number of hydrogen-bond acceptors (Lipinski definition) is 2. The van der Waals surface area contributed by atoms with E-state index in [2.05, 4.69) is 5.32 Å². The van der Waals surface area contributed by atoms with Crippen molar-refractivity contribution in [3.8, 4) is 0 Å². The summed E-state index contributed by atoms with van der Waals surface area (Å²) in [7, 11) is 0. The SMILES string of the molecule is O=C1C[C@@H](c2ccccc2)C2=C(C[C@H](c3ccc(F)cc3)CC2=O)N1. The van der Waals surface area contributed by atoms with Crippen LogP contribution in [0.1, 0.15) is 42.2 Å². The summed E-state index contributed by atoms with van der Waals surface area (Å²) < 4.78 is 13.2. The van der Waals surface area contributed by atoms with E-state index in [-0.39, 0.29) is 29.3 Å². The molecule has 1 aliphatic carbocycles. The van der Waals surface area contributed by atoms with Crippen LogP contribution >= 0.6 is 0 Å². The highest BCUT2D eigenvalue weighted by molar-refractivity contribution is 6.02. The van der Waals surface area contributed by atoms with E-state index < -0.39 is 0 Å². The van der Waals surface area contributed by atoms with Gasteiger partial charge in [0.05, 0.1) is 0 Å². The van der Waals surface area contributed by atoms with Crippen molar-refractivity contribution >= 4 is 11.7 Å². The number of ketones is 1. The Morgan fingerprint density at radius 3 is 2.28 bits per heavy atom. The second-order valence-corrected chi connectivity index (χ2v) is 6.69. The lowest BCUT2D eigenvalue weighted by Crippen LogP contribution is -2.38. The molecule has 1 amide bonds. The van der Waals surface area contributed by atoms with E-state index in [1.165, 1.54) is 12.1 Å². The predicted molar refractivity (Wildman–Crippen MR) is 92.4 cm³/mol. The van der Waals surface area contributed by atoms with Crippen molar-refractivity contribution in [2.24, 2.45) is 0 Å². The lowest BCUT2D eigenvalue weighted by molar-refractivity contribution is -0.122. The zero-order valence-corrected chi connectivity index (χ0v) is 13.7. The van der Waals surface area contributed by atoms with Crippen LogP contribution < -0.4 is 5.32 Å². The van der Waals surface area contributed by atoms with E-state index in [0.29, 0.717) is 19.3 Å². The predicted octanol–water partition coefficient (Wildman–Crippen LogP) is 3.83. The number of rotatable bonds is 2. The van der Waals surface area contributed by atoms with Crippen molar-refractivity contribution in [2.75, 3.05) is 0 Å². The Morgan fingerprint density at radius 2 is 1.56 bits per heavy atom. The third-order valence-corrected chi connectivity index (χ3v) is 5.08. The highest BCUT2D eigenvalue weighted by Gasteiger charge is 2.38. The third kappa shape index (κ3) is 3.00. The molecule has 0 saturated carbocycles. The zero-order chi connectivity index (χ0) is 17.4. The summed E-state index contributed by atoms with van der Waals surface area (Å²) in [5.74, 6) is -0.473. The number of amides is 1. The van der Waals surface area contributed by atoms with Crippen LogP contribution in [0, 0.1) is 5.82 Å². The van der Waals surface area contributed by atoms with Crippen molar-refractivity contribution < 1.29 is 14.0 Å². The summed E-state index contributed by atoms with van der Waals surface area (Å²) in [6.45, 7) is 0. The number of halogens is 1. The van der Waals surface area contributed by atoms with Gasteiger partial charge in [0.1, 0.15) is 5.82 Å². The lowest BCUT2D eigenvalue weighted by atomic mass is 9.73. The third-order valence-electron chi connectivity index (χ3n) is 5.08. The number of Topliss-reactive ketones (excluding diaryl/α,β-unsaturated/α-hetero) is 1. The van der Waals surface area contributed by atoms with Gasteiger partial charge in [-0.3, -0.25) is 9.59 Å². The van der Waals surface area contributed by atoms with Crippen LogP contribution in [0.2, 0.25) is 0 Å². The molecule has 126 valence electrons. The van der Waals surface area contributed by atoms with Gasteiger partial charge < -0.3 is 5.32 Å². The first-order chi connectivity index (χ1) is 12.1. The standard InChI is InChI=1S/C21H18FNO2/c22-16-8-6-13(7-9-16)15-10-18-21(19(24)11-15)17(12-20(25)23-18)14-4-2-1-3-5-14/h1-9,15,17H,10-12H2,(H,23,25)/t15-,17-/m0/s1. The van der Waals surface area contributed by atoms with Gasteiger partial charge in [-0.25, -0.2) is 4.39 Å². The van der Waals surface area contributed by atoms with E-state index in [4.69, 9.17) is 0 Å². The molecule has 2 aromatic rings. The molecule has 0 unspecified atom stereocenters. The molecule has 0 radical (unpaired) electrons. The van der Waals surface area contributed by atoms with E-state index >= 15 is 0 Å². The van der Waals surface area contributed by atoms with Gasteiger partial charge in [0, 0.05) is 30.0 Å². The van der Waals surface area contributed by atoms with Crippen LogP contribution in [-0.2, 0) is 9.59 Å². The van der Waals surface area contributed by atoms with Crippen LogP contribution in [-0.4, -0.2) is 11.7 Å². The van der Waals surface area contributed by atoms with Gasteiger partial charge in [0.15, 0.2) is 5.78 Å². The van der Waals surface area contributed by atoms with Crippen LogP contribution in [0.4, 0.5) is 4.39 Å². The molecule has 1 N–H and O–H groups in total. The Labute approximate surface area is 145 Å². The summed E-state index contributed by atoms with van der Waals surface area (Å²) in [5.41, 5.74) is 3.40. The average molecular weight is 335 g/mol. The highest BCUT2D eigenvalue weighted by atomic mass is 19.1. The van der Waals surface area contributed by atoms with Gasteiger partial charge in [0.25, 0.3) is 0 Å². The molecule has 4 rings (SSSR count). The summed E-state index contributed by atoms with van der Waals surface area (Å²) in [6.07, 6.45) is 1.29. The van der Waals surface area contributed by atoms with E-state index in [1.807, 2.05) is 30.3 Å². The van der Waals surface area contributed by atoms with Gasteiger partial charge in [-0.2, -0.15) is 0 Å². The number of benzene rings is 2. The fraction of sp³-hybridized carbons (Fsp3) is 0.238. The van der Waals surface area contributed by atoms with E-state index in [1.54, 1.807) is 12.1 Å². The Kier molecular flexibility index (Phi) is 3.96. The summed E-state index contributed by atoms with van der Waals surface area (Å²) >= 11 is 0. The maximum Gasteiger partial charge on any atom is 0.225 e. The molecule has 2 aromatic carbocycles. The Balaban J connectivity index is 1.70. The maximum absolute atomic E-state index is 13.2. The molecule has 2 atom stereocenters. The molecule has 0 aromatic heterocycles. The Bertz CT molecular complexity index is 855. The van der Waals surface area contributed by atoms with Gasteiger partial charge >= 0.3 is 0 Å². The monoisotopic (exact) mass is 335 g/mol. The zero-order valence-electron chi connectivity index (χ0n) is 13.7. The van der Waals surface area contributed by atoms with Crippen LogP contribution in [0.3, 0.4) is 0 Å². The number of hydrogen-bond donors (Lipinski definition) is 1. The minimum Gasteiger partial charge on any atom is -0.329 e. The fourth-order valence-corrected chi connectivity index (χ4v) is 3.90. The second kappa shape index (κ2) is 6.28. The minimum atomic E-state index is -0.291.